The van der Waals surface area contributed by atoms with Crippen LogP contribution in [-0.4, -0.2) is 17.9 Å². The number of nitrogens with zero attached hydrogens (tertiary/aromatic N) is 1. The van der Waals surface area contributed by atoms with Crippen molar-refractivity contribution in [2.45, 2.75) is 0 Å². The molecule has 0 aliphatic rings. The quantitative estimate of drug-likeness (QED) is 0.486. The summed E-state index contributed by atoms with van der Waals surface area (Å²) in [4.78, 5) is 22.2. The van der Waals surface area contributed by atoms with Gasteiger partial charge in [0.15, 0.2) is 0 Å². The van der Waals surface area contributed by atoms with E-state index in [0.717, 1.165) is 3.57 Å². The van der Waals surface area contributed by atoms with E-state index < -0.39 is 4.92 Å². The first-order valence-electron chi connectivity index (χ1n) is 5.90. The number of hydrogen-bond donors (Lipinski definition) is 1. The highest BCUT2D eigenvalue weighted by Crippen LogP contribution is 2.22. The van der Waals surface area contributed by atoms with E-state index in [1.807, 2.05) is 0 Å². The molecule has 2 rings (SSSR count). The number of nitro groups is 1. The van der Waals surface area contributed by atoms with Gasteiger partial charge < -0.3 is 10.1 Å². The van der Waals surface area contributed by atoms with Crippen LogP contribution in [-0.2, 0) is 0 Å². The summed E-state index contributed by atoms with van der Waals surface area (Å²) in [7, 11) is 1.56. The Morgan fingerprint density at radius 3 is 2.43 bits per heavy atom. The topological polar surface area (TPSA) is 81.5 Å². The van der Waals surface area contributed by atoms with E-state index in [1.54, 1.807) is 25.3 Å². The number of methoxy groups -OCH3 is 1. The Hall–Kier alpha value is -2.16. The van der Waals surface area contributed by atoms with Gasteiger partial charge in [-0.2, -0.15) is 0 Å². The van der Waals surface area contributed by atoms with Crippen LogP contribution in [0, 0.1) is 13.7 Å². The zero-order chi connectivity index (χ0) is 15.4. The molecule has 108 valence electrons. The third kappa shape index (κ3) is 3.69. The maximum absolute atomic E-state index is 12.1. The lowest BCUT2D eigenvalue weighted by atomic mass is 10.2. The number of benzene rings is 2. The van der Waals surface area contributed by atoms with E-state index in [9.17, 15) is 14.9 Å². The average molecular weight is 398 g/mol. The molecular weight excluding hydrogens is 387 g/mol. The number of anilines is 1. The Morgan fingerprint density at radius 1 is 1.24 bits per heavy atom. The Labute approximate surface area is 134 Å². The Morgan fingerprint density at radius 2 is 1.90 bits per heavy atom. The maximum atomic E-state index is 12.1. The molecule has 0 aliphatic carbocycles. The van der Waals surface area contributed by atoms with E-state index in [0.29, 0.717) is 17.0 Å². The second-order valence-corrected chi connectivity index (χ2v) is 5.27. The third-order valence-electron chi connectivity index (χ3n) is 2.75. The molecule has 0 aromatic heterocycles. The molecule has 6 nitrogen and oxygen atoms in total. The minimum Gasteiger partial charge on any atom is -0.496 e. The predicted octanol–water partition coefficient (Wildman–Crippen LogP) is 3.46. The normalized spacial score (nSPS) is 10.0. The molecule has 0 unspecified atom stereocenters. The van der Waals surface area contributed by atoms with Gasteiger partial charge in [0.05, 0.1) is 15.6 Å². The molecule has 0 radical (unpaired) electrons. The lowest BCUT2D eigenvalue weighted by Crippen LogP contribution is -2.12. The van der Waals surface area contributed by atoms with Crippen molar-refractivity contribution in [1.29, 1.82) is 0 Å². The Bertz CT molecular complexity index is 686. The van der Waals surface area contributed by atoms with Crippen molar-refractivity contribution in [3.8, 4) is 5.75 Å². The highest BCUT2D eigenvalue weighted by Gasteiger charge is 2.10. The van der Waals surface area contributed by atoms with Gasteiger partial charge in [0, 0.05) is 23.4 Å². The van der Waals surface area contributed by atoms with Gasteiger partial charge in [0.2, 0.25) is 0 Å². The lowest BCUT2D eigenvalue weighted by Gasteiger charge is -2.07. The van der Waals surface area contributed by atoms with Gasteiger partial charge in [-0.05, 0) is 52.9 Å². The first-order valence-corrected chi connectivity index (χ1v) is 6.98. The number of ether oxygens (including phenoxy) is 1. The average Bonchev–Trinajstić information content (AvgIpc) is 2.47. The number of non-ortho nitro benzene ring substituents is 1. The summed E-state index contributed by atoms with van der Waals surface area (Å²) in [6.07, 6.45) is 0. The third-order valence-corrected chi connectivity index (χ3v) is 3.59. The van der Waals surface area contributed by atoms with Gasteiger partial charge in [-0.25, -0.2) is 0 Å². The molecule has 0 saturated heterocycles. The van der Waals surface area contributed by atoms with Gasteiger partial charge in [0.25, 0.3) is 11.6 Å². The summed E-state index contributed by atoms with van der Waals surface area (Å²) in [5.74, 6) is 0.409. The molecule has 2 aromatic rings. The molecular formula is C14H11IN2O4. The van der Waals surface area contributed by atoms with Crippen molar-refractivity contribution in [2.75, 3.05) is 12.4 Å². The first-order chi connectivity index (χ1) is 10.0. The van der Waals surface area contributed by atoms with E-state index in [2.05, 4.69) is 27.9 Å². The molecule has 2 aromatic carbocycles. The zero-order valence-electron chi connectivity index (χ0n) is 11.0. The standard InChI is InChI=1S/C14H11IN2O4/c1-21-13-7-2-9(8-12(13)15)14(18)16-10-3-5-11(6-4-10)17(19)20/h2-8H,1H3,(H,16,18). The summed E-state index contributed by atoms with van der Waals surface area (Å²) in [5, 5.41) is 13.2. The Kier molecular flexibility index (Phi) is 4.73. The number of amides is 1. The SMILES string of the molecule is COc1ccc(C(=O)Nc2ccc([N+](=O)[O-])cc2)cc1I. The molecule has 0 bridgehead atoms. The fourth-order valence-corrected chi connectivity index (χ4v) is 2.41. The predicted molar refractivity (Wildman–Crippen MR) is 86.8 cm³/mol. The molecule has 1 N–H and O–H groups in total. The minimum atomic E-state index is -0.489. The van der Waals surface area contributed by atoms with E-state index in [4.69, 9.17) is 4.74 Å². The van der Waals surface area contributed by atoms with Crippen LogP contribution in [0.5, 0.6) is 5.75 Å². The molecule has 1 amide bonds. The Balaban J connectivity index is 2.14. The number of hydrogen-bond acceptors (Lipinski definition) is 4. The van der Waals surface area contributed by atoms with Crippen LogP contribution in [0.1, 0.15) is 10.4 Å². The summed E-state index contributed by atoms with van der Waals surface area (Å²) in [6, 6.07) is 10.7. The van der Waals surface area contributed by atoms with Crippen molar-refractivity contribution in [3.63, 3.8) is 0 Å². The molecule has 0 atom stereocenters. The largest absolute Gasteiger partial charge is 0.496 e. The van der Waals surface area contributed by atoms with E-state index >= 15 is 0 Å². The zero-order valence-corrected chi connectivity index (χ0v) is 13.2. The summed E-state index contributed by atoms with van der Waals surface area (Å²) in [5.41, 5.74) is 0.960. The molecule has 7 heteroatoms. The number of nitrogens with one attached hydrogen (secondary N) is 1. The van der Waals surface area contributed by atoms with Crippen LogP contribution in [0.25, 0.3) is 0 Å². The number of halogens is 1. The monoisotopic (exact) mass is 398 g/mol. The van der Waals surface area contributed by atoms with E-state index in [-0.39, 0.29) is 11.6 Å². The van der Waals surface area contributed by atoms with Gasteiger partial charge in [-0.15, -0.1) is 0 Å². The molecule has 21 heavy (non-hydrogen) atoms. The number of nitro benzene ring substituents is 1. The van der Waals surface area contributed by atoms with Crippen LogP contribution >= 0.6 is 22.6 Å². The van der Waals surface area contributed by atoms with E-state index in [1.165, 1.54) is 24.3 Å². The molecule has 0 spiro atoms. The highest BCUT2D eigenvalue weighted by molar-refractivity contribution is 14.1. The maximum Gasteiger partial charge on any atom is 0.269 e. The number of carbonyl (C=O) groups excluding carboxylic acids is 1. The minimum absolute atomic E-state index is 0.0213. The molecule has 0 heterocycles. The van der Waals surface area contributed by atoms with Crippen LogP contribution < -0.4 is 10.1 Å². The van der Waals surface area contributed by atoms with Gasteiger partial charge >= 0.3 is 0 Å². The smallest absolute Gasteiger partial charge is 0.269 e. The second kappa shape index (κ2) is 6.53. The van der Waals surface area contributed by atoms with Crippen molar-refractivity contribution in [1.82, 2.24) is 0 Å². The summed E-state index contributed by atoms with van der Waals surface area (Å²) < 4.78 is 5.96. The molecule has 0 fully saturated rings. The fourth-order valence-electron chi connectivity index (χ4n) is 1.68. The van der Waals surface area contributed by atoms with Crippen molar-refractivity contribution >= 4 is 39.9 Å². The van der Waals surface area contributed by atoms with Crippen molar-refractivity contribution in [2.24, 2.45) is 0 Å². The first kappa shape index (κ1) is 15.2. The summed E-state index contributed by atoms with van der Waals surface area (Å²) >= 11 is 2.08. The number of carbonyl (C=O) groups is 1. The second-order valence-electron chi connectivity index (χ2n) is 4.11. The highest BCUT2D eigenvalue weighted by atomic mass is 127. The van der Waals surface area contributed by atoms with Crippen molar-refractivity contribution in [3.05, 3.63) is 61.7 Å². The lowest BCUT2D eigenvalue weighted by molar-refractivity contribution is -0.384. The van der Waals surface area contributed by atoms with Gasteiger partial charge in [-0.3, -0.25) is 14.9 Å². The van der Waals surface area contributed by atoms with Gasteiger partial charge in [0.1, 0.15) is 5.75 Å². The fraction of sp³-hybridized carbons (Fsp3) is 0.0714. The van der Waals surface area contributed by atoms with Crippen LogP contribution in [0.3, 0.4) is 0 Å². The van der Waals surface area contributed by atoms with Gasteiger partial charge in [-0.1, -0.05) is 0 Å². The number of rotatable bonds is 4. The van der Waals surface area contributed by atoms with Crippen LogP contribution in [0.2, 0.25) is 0 Å². The van der Waals surface area contributed by atoms with Crippen LogP contribution in [0.15, 0.2) is 42.5 Å². The molecule has 0 aliphatic heterocycles. The van der Waals surface area contributed by atoms with Crippen LogP contribution in [0.4, 0.5) is 11.4 Å². The van der Waals surface area contributed by atoms with Crippen molar-refractivity contribution < 1.29 is 14.5 Å². The summed E-state index contributed by atoms with van der Waals surface area (Å²) in [6.45, 7) is 0. The molecule has 0 saturated carbocycles.